The Kier molecular flexibility index (Phi) is 5.51. The number of hydrogen-bond donors (Lipinski definition) is 0. The topological polar surface area (TPSA) is 81.1 Å². The minimum absolute atomic E-state index is 0.286. The van der Waals surface area contributed by atoms with Crippen molar-refractivity contribution in [2.24, 2.45) is 5.10 Å². The number of benzene rings is 3. The standard InChI is InChI=1S/C27H21N3O4/c1-17(31)30-27(21-13-7-9-15-25(21)33-18(2)32)34-26(29-30)22-16-24(19-10-4-3-5-11-19)28-23-14-8-6-12-20(22)23/h3-16,27H,1-2H3/t27-/m1/s1. The molecule has 1 atom stereocenters. The summed E-state index contributed by atoms with van der Waals surface area (Å²) in [6, 6.07) is 26.4. The number of amides is 1. The summed E-state index contributed by atoms with van der Waals surface area (Å²) in [7, 11) is 0. The highest BCUT2D eigenvalue weighted by molar-refractivity contribution is 6.08. The highest BCUT2D eigenvalue weighted by atomic mass is 16.5. The number of fused-ring (bicyclic) bond motifs is 1. The quantitative estimate of drug-likeness (QED) is 0.320. The monoisotopic (exact) mass is 451 g/mol. The van der Waals surface area contributed by atoms with E-state index in [4.69, 9.17) is 14.5 Å². The molecule has 4 aromatic rings. The lowest BCUT2D eigenvalue weighted by atomic mass is 10.0. The second kappa shape index (κ2) is 8.78. The number of para-hydroxylation sites is 2. The summed E-state index contributed by atoms with van der Waals surface area (Å²) < 4.78 is 11.6. The molecule has 0 saturated heterocycles. The summed E-state index contributed by atoms with van der Waals surface area (Å²) in [6.45, 7) is 2.74. The molecule has 7 heteroatoms. The molecule has 0 N–H and O–H groups in total. The second-order valence-electron chi connectivity index (χ2n) is 7.81. The van der Waals surface area contributed by atoms with Crippen molar-refractivity contribution in [1.82, 2.24) is 9.99 Å². The zero-order valence-corrected chi connectivity index (χ0v) is 18.6. The lowest BCUT2D eigenvalue weighted by Gasteiger charge is -2.21. The number of carbonyl (C=O) groups excluding carboxylic acids is 2. The Morgan fingerprint density at radius 1 is 0.912 bits per heavy atom. The molecule has 5 rings (SSSR count). The van der Waals surface area contributed by atoms with Crippen molar-refractivity contribution in [1.29, 1.82) is 0 Å². The maximum absolute atomic E-state index is 12.5. The van der Waals surface area contributed by atoms with Gasteiger partial charge in [-0.3, -0.25) is 9.59 Å². The third kappa shape index (κ3) is 3.99. The third-order valence-corrected chi connectivity index (χ3v) is 5.42. The molecule has 0 bridgehead atoms. The van der Waals surface area contributed by atoms with Crippen molar-refractivity contribution in [3.8, 4) is 17.0 Å². The highest BCUT2D eigenvalue weighted by Crippen LogP contribution is 2.37. The van der Waals surface area contributed by atoms with Crippen LogP contribution in [0.5, 0.6) is 5.75 Å². The van der Waals surface area contributed by atoms with Gasteiger partial charge in [-0.15, -0.1) is 5.10 Å². The average Bonchev–Trinajstić information content (AvgIpc) is 3.29. The molecule has 34 heavy (non-hydrogen) atoms. The number of hydrazone groups is 1. The summed E-state index contributed by atoms with van der Waals surface area (Å²) in [5.41, 5.74) is 3.73. The summed E-state index contributed by atoms with van der Waals surface area (Å²) in [5, 5.41) is 6.64. The zero-order valence-electron chi connectivity index (χ0n) is 18.6. The van der Waals surface area contributed by atoms with Gasteiger partial charge in [0.2, 0.25) is 18.0 Å². The summed E-state index contributed by atoms with van der Waals surface area (Å²) in [5.74, 6) is -0.172. The van der Waals surface area contributed by atoms with Gasteiger partial charge in [-0.2, -0.15) is 5.01 Å². The normalized spacial score (nSPS) is 15.1. The van der Waals surface area contributed by atoms with Crippen LogP contribution in [0.25, 0.3) is 22.2 Å². The molecule has 3 aromatic carbocycles. The SMILES string of the molecule is CC(=O)Oc1ccccc1[C@H]1OC(c2cc(-c3ccccc3)nc3ccccc23)=NN1C(C)=O. The van der Waals surface area contributed by atoms with Gasteiger partial charge in [0.15, 0.2) is 0 Å². The molecule has 0 unspecified atom stereocenters. The molecule has 0 radical (unpaired) electrons. The van der Waals surface area contributed by atoms with Crippen molar-refractivity contribution < 1.29 is 19.1 Å². The lowest BCUT2D eigenvalue weighted by molar-refractivity contribution is -0.135. The molecule has 1 aliphatic rings. The number of pyridine rings is 1. The Hall–Kier alpha value is -4.52. The fraction of sp³-hybridized carbons (Fsp3) is 0.111. The summed E-state index contributed by atoms with van der Waals surface area (Å²) in [4.78, 5) is 28.9. The fourth-order valence-corrected chi connectivity index (χ4v) is 3.92. The molecule has 1 amide bonds. The first-order chi connectivity index (χ1) is 16.5. The van der Waals surface area contributed by atoms with Crippen LogP contribution in [0.15, 0.2) is 90.0 Å². The molecule has 0 spiro atoms. The van der Waals surface area contributed by atoms with E-state index in [0.29, 0.717) is 16.9 Å². The van der Waals surface area contributed by atoms with Gasteiger partial charge in [-0.05, 0) is 24.3 Å². The molecule has 0 saturated carbocycles. The molecule has 0 aliphatic carbocycles. The van der Waals surface area contributed by atoms with Crippen LogP contribution < -0.4 is 4.74 Å². The average molecular weight is 451 g/mol. The fourth-order valence-electron chi connectivity index (χ4n) is 3.92. The Bertz CT molecular complexity index is 1430. The first-order valence-electron chi connectivity index (χ1n) is 10.8. The van der Waals surface area contributed by atoms with E-state index in [-0.39, 0.29) is 11.8 Å². The first-order valence-corrected chi connectivity index (χ1v) is 10.8. The number of aromatic nitrogens is 1. The third-order valence-electron chi connectivity index (χ3n) is 5.42. The Balaban J connectivity index is 1.63. The van der Waals surface area contributed by atoms with Crippen LogP contribution in [0.4, 0.5) is 0 Å². The van der Waals surface area contributed by atoms with Gasteiger partial charge in [-0.1, -0.05) is 60.7 Å². The van der Waals surface area contributed by atoms with Crippen LogP contribution in [-0.2, 0) is 14.3 Å². The van der Waals surface area contributed by atoms with Crippen molar-refractivity contribution in [2.75, 3.05) is 0 Å². The van der Waals surface area contributed by atoms with E-state index in [2.05, 4.69) is 5.10 Å². The molecule has 0 fully saturated rings. The van der Waals surface area contributed by atoms with Gasteiger partial charge in [-0.25, -0.2) is 4.98 Å². The number of nitrogens with zero attached hydrogens (tertiary/aromatic N) is 3. The van der Waals surface area contributed by atoms with Crippen LogP contribution in [0, 0.1) is 0 Å². The van der Waals surface area contributed by atoms with E-state index in [0.717, 1.165) is 22.2 Å². The molecule has 2 heterocycles. The van der Waals surface area contributed by atoms with Gasteiger partial charge < -0.3 is 9.47 Å². The second-order valence-corrected chi connectivity index (χ2v) is 7.81. The van der Waals surface area contributed by atoms with Gasteiger partial charge in [0.25, 0.3) is 0 Å². The minimum atomic E-state index is -0.879. The number of esters is 1. The maximum atomic E-state index is 12.5. The Morgan fingerprint density at radius 3 is 2.38 bits per heavy atom. The van der Waals surface area contributed by atoms with Crippen molar-refractivity contribution in [2.45, 2.75) is 20.1 Å². The van der Waals surface area contributed by atoms with Crippen LogP contribution in [-0.4, -0.2) is 27.8 Å². The van der Waals surface area contributed by atoms with E-state index in [9.17, 15) is 9.59 Å². The van der Waals surface area contributed by atoms with Crippen molar-refractivity contribution in [3.63, 3.8) is 0 Å². The van der Waals surface area contributed by atoms with Gasteiger partial charge in [0, 0.05) is 30.4 Å². The summed E-state index contributed by atoms with van der Waals surface area (Å²) in [6.07, 6.45) is -0.879. The van der Waals surface area contributed by atoms with Crippen molar-refractivity contribution in [3.05, 3.63) is 96.1 Å². The van der Waals surface area contributed by atoms with Gasteiger partial charge >= 0.3 is 5.97 Å². The van der Waals surface area contributed by atoms with Gasteiger partial charge in [0.1, 0.15) is 5.75 Å². The van der Waals surface area contributed by atoms with E-state index >= 15 is 0 Å². The predicted molar refractivity (Wildman–Crippen MR) is 128 cm³/mol. The van der Waals surface area contributed by atoms with E-state index < -0.39 is 12.2 Å². The number of rotatable bonds is 4. The van der Waals surface area contributed by atoms with E-state index in [1.807, 2.05) is 60.7 Å². The summed E-state index contributed by atoms with van der Waals surface area (Å²) >= 11 is 0. The minimum Gasteiger partial charge on any atom is -0.445 e. The zero-order chi connectivity index (χ0) is 23.7. The van der Waals surface area contributed by atoms with Crippen LogP contribution in [0.1, 0.15) is 31.2 Å². The van der Waals surface area contributed by atoms with Gasteiger partial charge in [0.05, 0.1) is 16.8 Å². The molecule has 7 nitrogen and oxygen atoms in total. The molecular weight excluding hydrogens is 430 g/mol. The van der Waals surface area contributed by atoms with E-state index in [1.54, 1.807) is 24.3 Å². The van der Waals surface area contributed by atoms with Crippen LogP contribution >= 0.6 is 0 Å². The smallest absolute Gasteiger partial charge is 0.308 e. The molecule has 1 aliphatic heterocycles. The predicted octanol–water partition coefficient (Wildman–Crippen LogP) is 5.07. The first kappa shape index (κ1) is 21.3. The Morgan fingerprint density at radius 2 is 1.62 bits per heavy atom. The van der Waals surface area contributed by atoms with Crippen LogP contribution in [0.2, 0.25) is 0 Å². The largest absolute Gasteiger partial charge is 0.445 e. The van der Waals surface area contributed by atoms with Crippen molar-refractivity contribution >= 4 is 28.7 Å². The number of carbonyl (C=O) groups is 2. The number of ether oxygens (including phenoxy) is 2. The van der Waals surface area contributed by atoms with Crippen LogP contribution in [0.3, 0.4) is 0 Å². The maximum Gasteiger partial charge on any atom is 0.308 e. The molecule has 168 valence electrons. The molecular formula is C27H21N3O4. The lowest BCUT2D eigenvalue weighted by Crippen LogP contribution is -2.26. The highest BCUT2D eigenvalue weighted by Gasteiger charge is 2.36. The number of hydrogen-bond acceptors (Lipinski definition) is 6. The Labute approximate surface area is 196 Å². The van der Waals surface area contributed by atoms with E-state index in [1.165, 1.54) is 18.9 Å². The molecule has 1 aromatic heterocycles.